The summed E-state index contributed by atoms with van der Waals surface area (Å²) in [4.78, 5) is 0. The lowest BCUT2D eigenvalue weighted by molar-refractivity contribution is -0.0191. The zero-order valence-electron chi connectivity index (χ0n) is 17.3. The van der Waals surface area contributed by atoms with Crippen LogP contribution in [0.3, 0.4) is 0 Å². The average Bonchev–Trinajstić information content (AvgIpc) is 3.20. The first kappa shape index (κ1) is 20.1. The molecule has 3 aromatic rings. The van der Waals surface area contributed by atoms with Gasteiger partial charge in [-0.3, -0.25) is 0 Å². The second-order valence-electron chi connectivity index (χ2n) is 8.04. The van der Waals surface area contributed by atoms with Crippen molar-refractivity contribution < 1.29 is 13.9 Å². The van der Waals surface area contributed by atoms with Crippen molar-refractivity contribution in [3.8, 4) is 11.5 Å². The molecule has 158 valence electrons. The minimum Gasteiger partial charge on any atom is -0.491 e. The Balaban J connectivity index is 1.52. The summed E-state index contributed by atoms with van der Waals surface area (Å²) in [6.45, 7) is 4.02. The number of nitrogens with zero attached hydrogens (tertiary/aromatic N) is 2. The summed E-state index contributed by atoms with van der Waals surface area (Å²) in [5.74, 6) is 1.41. The van der Waals surface area contributed by atoms with Gasteiger partial charge < -0.3 is 9.47 Å². The number of hydrogen-bond acceptors (Lipinski definition) is 4. The van der Waals surface area contributed by atoms with Crippen LogP contribution in [-0.2, 0) is 0 Å². The third kappa shape index (κ3) is 3.92. The summed E-state index contributed by atoms with van der Waals surface area (Å²) in [6, 6.07) is 20.6. The number of hydrogen-bond donors (Lipinski definition) is 0. The van der Waals surface area contributed by atoms with Gasteiger partial charge in [0.05, 0.1) is 17.9 Å². The van der Waals surface area contributed by atoms with Crippen LogP contribution in [0.25, 0.3) is 0 Å². The Labute approximate surface area is 189 Å². The normalized spacial score (nSPS) is 19.5. The largest absolute Gasteiger partial charge is 0.491 e. The number of fused-ring (bicyclic) bond motifs is 3. The van der Waals surface area contributed by atoms with Gasteiger partial charge in [-0.15, -0.1) is 0 Å². The number of rotatable bonds is 4. The summed E-state index contributed by atoms with van der Waals surface area (Å²) in [5.41, 5.74) is 4.00. The first-order chi connectivity index (χ1) is 15.0. The zero-order valence-corrected chi connectivity index (χ0v) is 18.8. The lowest BCUT2D eigenvalue weighted by atomic mass is 9.96. The number of benzene rings is 3. The summed E-state index contributed by atoms with van der Waals surface area (Å²) in [7, 11) is 0. The molecule has 0 aliphatic carbocycles. The van der Waals surface area contributed by atoms with E-state index in [2.05, 4.69) is 22.0 Å². The van der Waals surface area contributed by atoms with Crippen molar-refractivity contribution in [1.29, 1.82) is 0 Å². The molecule has 2 aliphatic rings. The van der Waals surface area contributed by atoms with Gasteiger partial charge in [0.2, 0.25) is 6.23 Å². The second kappa shape index (κ2) is 8.00. The highest BCUT2D eigenvalue weighted by Crippen LogP contribution is 2.48. The van der Waals surface area contributed by atoms with E-state index in [1.165, 1.54) is 12.1 Å². The van der Waals surface area contributed by atoms with E-state index in [1.807, 2.05) is 55.3 Å². The predicted octanol–water partition coefficient (Wildman–Crippen LogP) is 6.62. The van der Waals surface area contributed by atoms with Crippen molar-refractivity contribution in [3.63, 3.8) is 0 Å². The Bertz CT molecular complexity index is 1130. The molecule has 2 atom stereocenters. The predicted molar refractivity (Wildman–Crippen MR) is 122 cm³/mol. The molecule has 0 saturated heterocycles. The van der Waals surface area contributed by atoms with E-state index < -0.39 is 6.23 Å². The van der Waals surface area contributed by atoms with Gasteiger partial charge in [0.25, 0.3) is 0 Å². The summed E-state index contributed by atoms with van der Waals surface area (Å²) in [5, 5.41) is 6.95. The highest BCUT2D eigenvalue weighted by molar-refractivity contribution is 9.10. The third-order valence-electron chi connectivity index (χ3n) is 5.47. The molecule has 2 aliphatic heterocycles. The lowest BCUT2D eigenvalue weighted by Gasteiger charge is -2.38. The molecule has 2 heterocycles. The first-order valence-corrected chi connectivity index (χ1v) is 11.1. The van der Waals surface area contributed by atoms with Crippen LogP contribution in [0, 0.1) is 5.82 Å². The Kier molecular flexibility index (Phi) is 5.18. The smallest absolute Gasteiger partial charge is 0.213 e. The molecule has 0 N–H and O–H groups in total. The fraction of sp³-hybridized carbons (Fsp3) is 0.240. The standard InChI is InChI=1S/C25H22BrFN2O2/c1-15(2)30-20-10-5-16(6-11-20)22-14-23-21-13-18(26)7-12-24(21)31-25(29(23)28-22)17-3-8-19(27)9-4-17/h3-13,15,23,25H,14H2,1-2H3/t23-,25+/m1/s1. The topological polar surface area (TPSA) is 34.1 Å². The number of ether oxygens (including phenoxy) is 2. The van der Waals surface area contributed by atoms with Crippen LogP contribution >= 0.6 is 15.9 Å². The van der Waals surface area contributed by atoms with Crippen molar-refractivity contribution in [3.05, 3.63) is 93.7 Å². The molecule has 0 spiro atoms. The molecular formula is C25H22BrFN2O2. The second-order valence-corrected chi connectivity index (χ2v) is 8.96. The van der Waals surface area contributed by atoms with Crippen molar-refractivity contribution in [1.82, 2.24) is 5.01 Å². The molecule has 0 radical (unpaired) electrons. The fourth-order valence-electron chi connectivity index (χ4n) is 4.08. The Morgan fingerprint density at radius 3 is 2.52 bits per heavy atom. The highest BCUT2D eigenvalue weighted by atomic mass is 79.9. The van der Waals surface area contributed by atoms with E-state index in [1.54, 1.807) is 12.1 Å². The van der Waals surface area contributed by atoms with E-state index in [4.69, 9.17) is 14.6 Å². The molecule has 0 bridgehead atoms. The monoisotopic (exact) mass is 480 g/mol. The van der Waals surface area contributed by atoms with Gasteiger partial charge >= 0.3 is 0 Å². The first-order valence-electron chi connectivity index (χ1n) is 10.3. The van der Waals surface area contributed by atoms with Gasteiger partial charge in [-0.25, -0.2) is 9.40 Å². The van der Waals surface area contributed by atoms with E-state index in [-0.39, 0.29) is 18.0 Å². The Morgan fingerprint density at radius 1 is 1.06 bits per heavy atom. The molecule has 0 aromatic heterocycles. The summed E-state index contributed by atoms with van der Waals surface area (Å²) >= 11 is 3.58. The van der Waals surface area contributed by atoms with Crippen LogP contribution in [0.2, 0.25) is 0 Å². The van der Waals surface area contributed by atoms with Crippen LogP contribution in [0.5, 0.6) is 11.5 Å². The molecule has 4 nitrogen and oxygen atoms in total. The van der Waals surface area contributed by atoms with Crippen LogP contribution < -0.4 is 9.47 Å². The molecule has 0 fully saturated rings. The molecule has 6 heteroatoms. The van der Waals surface area contributed by atoms with E-state index >= 15 is 0 Å². The third-order valence-corrected chi connectivity index (χ3v) is 5.96. The molecule has 3 aromatic carbocycles. The Hall–Kier alpha value is -2.86. The maximum Gasteiger partial charge on any atom is 0.213 e. The highest BCUT2D eigenvalue weighted by Gasteiger charge is 2.41. The maximum atomic E-state index is 13.5. The minimum atomic E-state index is -0.416. The van der Waals surface area contributed by atoms with Crippen molar-refractivity contribution in [2.75, 3.05) is 0 Å². The van der Waals surface area contributed by atoms with Crippen LogP contribution in [0.15, 0.2) is 76.3 Å². The van der Waals surface area contributed by atoms with Crippen molar-refractivity contribution in [2.45, 2.75) is 38.6 Å². The van der Waals surface area contributed by atoms with Gasteiger partial charge in [-0.1, -0.05) is 28.1 Å². The van der Waals surface area contributed by atoms with Crippen LogP contribution in [-0.4, -0.2) is 16.8 Å². The van der Waals surface area contributed by atoms with Crippen LogP contribution in [0.1, 0.15) is 49.2 Å². The van der Waals surface area contributed by atoms with Crippen molar-refractivity contribution in [2.24, 2.45) is 5.10 Å². The lowest BCUT2D eigenvalue weighted by Crippen LogP contribution is -2.33. The summed E-state index contributed by atoms with van der Waals surface area (Å²) < 4.78 is 26.6. The van der Waals surface area contributed by atoms with E-state index in [0.717, 1.165) is 44.8 Å². The van der Waals surface area contributed by atoms with Gasteiger partial charge in [0.1, 0.15) is 17.3 Å². The van der Waals surface area contributed by atoms with Crippen molar-refractivity contribution >= 4 is 21.6 Å². The fourth-order valence-corrected chi connectivity index (χ4v) is 4.46. The zero-order chi connectivity index (χ0) is 21.5. The SMILES string of the molecule is CC(C)Oc1ccc(C2=NN3[C@H](C2)c2cc(Br)ccc2O[C@H]3c2ccc(F)cc2)cc1. The molecular weight excluding hydrogens is 459 g/mol. The van der Waals surface area contributed by atoms with E-state index in [0.29, 0.717) is 0 Å². The number of hydrazone groups is 1. The van der Waals surface area contributed by atoms with Gasteiger partial charge in [0, 0.05) is 22.0 Å². The molecule has 31 heavy (non-hydrogen) atoms. The van der Waals surface area contributed by atoms with Gasteiger partial charge in [0.15, 0.2) is 0 Å². The maximum absolute atomic E-state index is 13.5. The van der Waals surface area contributed by atoms with Gasteiger partial charge in [-0.2, -0.15) is 5.10 Å². The summed E-state index contributed by atoms with van der Waals surface area (Å²) in [6.07, 6.45) is 0.474. The molecule has 0 saturated carbocycles. The minimum absolute atomic E-state index is 0.0397. The molecule has 5 rings (SSSR count). The molecule has 0 amide bonds. The van der Waals surface area contributed by atoms with Gasteiger partial charge in [-0.05, 0) is 74.0 Å². The quantitative estimate of drug-likeness (QED) is 0.420. The number of halogens is 2. The van der Waals surface area contributed by atoms with Crippen LogP contribution in [0.4, 0.5) is 4.39 Å². The average molecular weight is 481 g/mol. The van der Waals surface area contributed by atoms with E-state index in [9.17, 15) is 4.39 Å². The molecule has 0 unspecified atom stereocenters. The Morgan fingerprint density at radius 2 is 1.81 bits per heavy atom.